The van der Waals surface area contributed by atoms with Crippen molar-refractivity contribution in [2.45, 2.75) is 13.5 Å². The van der Waals surface area contributed by atoms with E-state index in [1.807, 2.05) is 44.3 Å². The van der Waals surface area contributed by atoms with Gasteiger partial charge in [-0.3, -0.25) is 4.79 Å². The van der Waals surface area contributed by atoms with E-state index in [9.17, 15) is 4.79 Å². The Hall–Kier alpha value is -3.80. The number of rotatable bonds is 5. The summed E-state index contributed by atoms with van der Waals surface area (Å²) in [6.45, 7) is 2.48. The molecule has 144 valence electrons. The van der Waals surface area contributed by atoms with Crippen LogP contribution < -0.4 is 0 Å². The number of aromatic nitrogens is 4. The lowest BCUT2D eigenvalue weighted by atomic mass is 10.0. The van der Waals surface area contributed by atoms with Gasteiger partial charge in [-0.15, -0.1) is 5.10 Å². The number of amides is 1. The normalized spacial score (nSPS) is 10.7. The first-order valence-corrected chi connectivity index (χ1v) is 9.35. The van der Waals surface area contributed by atoms with Gasteiger partial charge in [-0.05, 0) is 57.8 Å². The molecule has 4 rings (SSSR count). The summed E-state index contributed by atoms with van der Waals surface area (Å²) in [5.41, 5.74) is 5.86. The van der Waals surface area contributed by atoms with Crippen molar-refractivity contribution in [3.8, 4) is 16.8 Å². The van der Waals surface area contributed by atoms with E-state index in [1.54, 1.807) is 15.6 Å². The molecule has 0 N–H and O–H groups in total. The van der Waals surface area contributed by atoms with Gasteiger partial charge >= 0.3 is 0 Å². The third-order valence-corrected chi connectivity index (χ3v) is 4.87. The number of carbonyl (C=O) groups is 1. The van der Waals surface area contributed by atoms with Crippen molar-refractivity contribution in [2.24, 2.45) is 0 Å². The first kappa shape index (κ1) is 18.6. The molecule has 0 saturated heterocycles. The van der Waals surface area contributed by atoms with Gasteiger partial charge in [0, 0.05) is 19.2 Å². The summed E-state index contributed by atoms with van der Waals surface area (Å²) in [7, 11) is 1.82. The highest BCUT2D eigenvalue weighted by Crippen LogP contribution is 2.20. The van der Waals surface area contributed by atoms with Gasteiger partial charge in [-0.25, -0.2) is 4.68 Å². The van der Waals surface area contributed by atoms with Gasteiger partial charge in [0.05, 0.1) is 5.69 Å². The minimum atomic E-state index is -0.0245. The fourth-order valence-corrected chi connectivity index (χ4v) is 3.32. The zero-order chi connectivity index (χ0) is 20.2. The van der Waals surface area contributed by atoms with Crippen LogP contribution in [0.1, 0.15) is 21.5 Å². The molecule has 0 unspecified atom stereocenters. The molecule has 6 heteroatoms. The number of hydrogen-bond donors (Lipinski definition) is 0. The summed E-state index contributed by atoms with van der Waals surface area (Å²) in [6.07, 6.45) is 1.54. The minimum absolute atomic E-state index is 0.0245. The zero-order valence-corrected chi connectivity index (χ0v) is 16.4. The van der Waals surface area contributed by atoms with E-state index in [2.05, 4.69) is 51.9 Å². The smallest absolute Gasteiger partial charge is 0.253 e. The molecule has 0 aliphatic carbocycles. The van der Waals surface area contributed by atoms with E-state index in [4.69, 9.17) is 0 Å². The van der Waals surface area contributed by atoms with Gasteiger partial charge in [0.1, 0.15) is 6.33 Å². The summed E-state index contributed by atoms with van der Waals surface area (Å²) in [5.74, 6) is -0.0245. The number of hydrogen-bond acceptors (Lipinski definition) is 4. The molecular weight excluding hydrogens is 362 g/mol. The van der Waals surface area contributed by atoms with E-state index in [0.29, 0.717) is 12.1 Å². The van der Waals surface area contributed by atoms with Crippen molar-refractivity contribution >= 4 is 5.91 Å². The molecule has 1 aromatic heterocycles. The molecule has 0 fully saturated rings. The summed E-state index contributed by atoms with van der Waals surface area (Å²) in [5, 5.41) is 11.2. The monoisotopic (exact) mass is 383 g/mol. The van der Waals surface area contributed by atoms with Crippen LogP contribution >= 0.6 is 0 Å². The average molecular weight is 383 g/mol. The molecule has 1 heterocycles. The lowest BCUT2D eigenvalue weighted by Crippen LogP contribution is -2.26. The van der Waals surface area contributed by atoms with Crippen LogP contribution in [0.15, 0.2) is 79.1 Å². The Morgan fingerprint density at radius 1 is 0.966 bits per heavy atom. The Morgan fingerprint density at radius 3 is 2.34 bits per heavy atom. The first-order valence-electron chi connectivity index (χ1n) is 9.35. The van der Waals surface area contributed by atoms with Crippen LogP contribution in [-0.2, 0) is 6.54 Å². The topological polar surface area (TPSA) is 63.9 Å². The van der Waals surface area contributed by atoms with Crippen molar-refractivity contribution in [3.05, 3.63) is 95.8 Å². The molecule has 6 nitrogen and oxygen atoms in total. The van der Waals surface area contributed by atoms with Gasteiger partial charge in [0.2, 0.25) is 0 Å². The van der Waals surface area contributed by atoms with Gasteiger partial charge < -0.3 is 4.90 Å². The maximum absolute atomic E-state index is 12.9. The maximum Gasteiger partial charge on any atom is 0.253 e. The van der Waals surface area contributed by atoms with Crippen LogP contribution in [0.2, 0.25) is 0 Å². The van der Waals surface area contributed by atoms with Crippen molar-refractivity contribution in [1.29, 1.82) is 0 Å². The van der Waals surface area contributed by atoms with Crippen LogP contribution in [0, 0.1) is 6.92 Å². The molecule has 0 aliphatic rings. The molecular formula is C23H21N5O. The standard InChI is InChI=1S/C23H21N5O/c1-17-14-21(12-13-22(17)28-16-24-25-26-28)23(29)27(2)15-18-8-10-20(11-9-18)19-6-4-3-5-7-19/h3-14,16H,15H2,1-2H3. The summed E-state index contributed by atoms with van der Waals surface area (Å²) in [4.78, 5) is 14.6. The largest absolute Gasteiger partial charge is 0.337 e. The lowest BCUT2D eigenvalue weighted by Gasteiger charge is -2.18. The summed E-state index contributed by atoms with van der Waals surface area (Å²) in [6, 6.07) is 24.1. The fraction of sp³-hybridized carbons (Fsp3) is 0.130. The second-order valence-electron chi connectivity index (χ2n) is 6.98. The van der Waals surface area contributed by atoms with E-state index >= 15 is 0 Å². The SMILES string of the molecule is Cc1cc(C(=O)N(C)Cc2ccc(-c3ccccc3)cc2)ccc1-n1cnnn1. The number of tetrazole rings is 1. The summed E-state index contributed by atoms with van der Waals surface area (Å²) >= 11 is 0. The van der Waals surface area contributed by atoms with Crippen molar-refractivity contribution in [3.63, 3.8) is 0 Å². The van der Waals surface area contributed by atoms with Crippen molar-refractivity contribution < 1.29 is 4.79 Å². The van der Waals surface area contributed by atoms with Crippen LogP contribution in [0.5, 0.6) is 0 Å². The first-order chi connectivity index (χ1) is 14.1. The Labute approximate surface area is 169 Å². The van der Waals surface area contributed by atoms with Crippen molar-refractivity contribution in [2.75, 3.05) is 7.05 Å². The highest BCUT2D eigenvalue weighted by atomic mass is 16.2. The molecule has 1 amide bonds. The maximum atomic E-state index is 12.9. The minimum Gasteiger partial charge on any atom is -0.337 e. The molecule has 0 saturated carbocycles. The fourth-order valence-electron chi connectivity index (χ4n) is 3.32. The van der Waals surface area contributed by atoms with Crippen LogP contribution in [0.3, 0.4) is 0 Å². The third-order valence-electron chi connectivity index (χ3n) is 4.87. The van der Waals surface area contributed by atoms with Gasteiger partial charge in [-0.1, -0.05) is 54.6 Å². The van der Waals surface area contributed by atoms with E-state index in [-0.39, 0.29) is 5.91 Å². The third kappa shape index (κ3) is 4.06. The molecule has 0 atom stereocenters. The summed E-state index contributed by atoms with van der Waals surface area (Å²) < 4.78 is 1.58. The highest BCUT2D eigenvalue weighted by Gasteiger charge is 2.14. The Kier molecular flexibility index (Phi) is 5.16. The van der Waals surface area contributed by atoms with Crippen LogP contribution in [-0.4, -0.2) is 38.1 Å². The number of aryl methyl sites for hydroxylation is 1. The second kappa shape index (κ2) is 8.06. The second-order valence-corrected chi connectivity index (χ2v) is 6.98. The number of nitrogens with zero attached hydrogens (tertiary/aromatic N) is 5. The average Bonchev–Trinajstić information content (AvgIpc) is 3.29. The van der Waals surface area contributed by atoms with Crippen LogP contribution in [0.4, 0.5) is 0 Å². The van der Waals surface area contributed by atoms with Gasteiger partial charge in [-0.2, -0.15) is 0 Å². The van der Waals surface area contributed by atoms with Gasteiger partial charge in [0.25, 0.3) is 5.91 Å². The lowest BCUT2D eigenvalue weighted by molar-refractivity contribution is 0.0785. The Bertz CT molecular complexity index is 1110. The molecule has 0 radical (unpaired) electrons. The number of carbonyl (C=O) groups excluding carboxylic acids is 1. The molecule has 3 aromatic carbocycles. The van der Waals surface area contributed by atoms with Gasteiger partial charge in [0.15, 0.2) is 0 Å². The molecule has 0 spiro atoms. The predicted octanol–water partition coefficient (Wildman–Crippen LogP) is 3.91. The molecule has 0 aliphatic heterocycles. The quantitative estimate of drug-likeness (QED) is 0.524. The van der Waals surface area contributed by atoms with E-state index in [1.165, 1.54) is 11.9 Å². The predicted molar refractivity (Wildman–Crippen MR) is 112 cm³/mol. The van der Waals surface area contributed by atoms with Crippen LogP contribution in [0.25, 0.3) is 16.8 Å². The van der Waals surface area contributed by atoms with Crippen molar-refractivity contribution in [1.82, 2.24) is 25.1 Å². The Morgan fingerprint density at radius 2 is 1.69 bits per heavy atom. The number of benzene rings is 3. The molecule has 29 heavy (non-hydrogen) atoms. The van der Waals surface area contributed by atoms with E-state index in [0.717, 1.165) is 22.4 Å². The van der Waals surface area contributed by atoms with E-state index < -0.39 is 0 Å². The molecule has 4 aromatic rings. The zero-order valence-electron chi connectivity index (χ0n) is 16.4. The Balaban J connectivity index is 1.46. The highest BCUT2D eigenvalue weighted by molar-refractivity contribution is 5.94. The molecule has 0 bridgehead atoms.